The third-order valence-electron chi connectivity index (χ3n) is 7.48. The molecule has 0 unspecified atom stereocenters. The number of methoxy groups -OCH3 is 2. The van der Waals surface area contributed by atoms with Crippen molar-refractivity contribution in [1.82, 2.24) is 4.90 Å². The van der Waals surface area contributed by atoms with Crippen LogP contribution in [0.2, 0.25) is 0 Å². The van der Waals surface area contributed by atoms with Crippen LogP contribution in [-0.2, 0) is 9.59 Å². The largest absolute Gasteiger partial charge is 0.493 e. The fraction of sp³-hybridized carbons (Fsp3) is 0.207. The molecule has 6 rings (SSSR count). The number of hydrogen-bond acceptors (Lipinski definition) is 6. The SMILES string of the molecule is COc1ccc(C(=O)[C@@H]2[C@@H]3C(=O)N(c4ccc(F)cc4)C(=O)[C@@H]3[C@H]3c4ccccc4C=CN23)cc1OC. The van der Waals surface area contributed by atoms with Gasteiger partial charge in [-0.3, -0.25) is 14.4 Å². The lowest BCUT2D eigenvalue weighted by molar-refractivity contribution is -0.123. The molecule has 3 aromatic rings. The molecule has 7 nitrogen and oxygen atoms in total. The second-order valence-electron chi connectivity index (χ2n) is 9.26. The number of ketones is 1. The Morgan fingerprint density at radius 2 is 1.57 bits per heavy atom. The topological polar surface area (TPSA) is 76.2 Å². The van der Waals surface area contributed by atoms with Gasteiger partial charge in [-0.25, -0.2) is 9.29 Å². The molecule has 37 heavy (non-hydrogen) atoms. The molecule has 0 saturated carbocycles. The number of halogens is 1. The monoisotopic (exact) mass is 498 g/mol. The van der Waals surface area contributed by atoms with Crippen molar-refractivity contribution in [3.8, 4) is 11.5 Å². The number of carbonyl (C=O) groups excluding carboxylic acids is 3. The smallest absolute Gasteiger partial charge is 0.240 e. The first-order chi connectivity index (χ1) is 17.9. The number of nitrogens with zero attached hydrogens (tertiary/aromatic N) is 2. The Kier molecular flexibility index (Phi) is 5.33. The molecule has 3 aliphatic heterocycles. The molecule has 0 aromatic heterocycles. The predicted octanol–water partition coefficient (Wildman–Crippen LogP) is 4.24. The van der Waals surface area contributed by atoms with Gasteiger partial charge in [0.25, 0.3) is 0 Å². The van der Waals surface area contributed by atoms with E-state index in [1.807, 2.05) is 35.2 Å². The van der Waals surface area contributed by atoms with Crippen LogP contribution in [0.5, 0.6) is 11.5 Å². The first-order valence-corrected chi connectivity index (χ1v) is 11.9. The number of Topliss-reactive ketones (excluding diaryl/α,β-unsaturated/α-hetero) is 1. The predicted molar refractivity (Wildman–Crippen MR) is 134 cm³/mol. The van der Waals surface area contributed by atoms with Crippen molar-refractivity contribution in [2.45, 2.75) is 12.1 Å². The van der Waals surface area contributed by atoms with Crippen molar-refractivity contribution in [3.63, 3.8) is 0 Å². The van der Waals surface area contributed by atoms with E-state index in [1.54, 1.807) is 24.4 Å². The van der Waals surface area contributed by atoms with Crippen molar-refractivity contribution >= 4 is 29.4 Å². The molecule has 3 aliphatic rings. The number of benzene rings is 3. The van der Waals surface area contributed by atoms with Crippen LogP contribution in [0.25, 0.3) is 6.08 Å². The second-order valence-corrected chi connectivity index (χ2v) is 9.26. The van der Waals surface area contributed by atoms with Gasteiger partial charge in [-0.2, -0.15) is 0 Å². The Labute approximate surface area is 212 Å². The van der Waals surface area contributed by atoms with E-state index in [2.05, 4.69) is 0 Å². The van der Waals surface area contributed by atoms with Crippen molar-refractivity contribution < 1.29 is 28.2 Å². The van der Waals surface area contributed by atoms with Crippen molar-refractivity contribution in [2.75, 3.05) is 19.1 Å². The third-order valence-corrected chi connectivity index (χ3v) is 7.48. The summed E-state index contributed by atoms with van der Waals surface area (Å²) in [6.07, 6.45) is 3.70. The van der Waals surface area contributed by atoms with Gasteiger partial charge < -0.3 is 14.4 Å². The van der Waals surface area contributed by atoms with Gasteiger partial charge in [0.05, 0.1) is 37.8 Å². The quantitative estimate of drug-likeness (QED) is 0.387. The second kappa shape index (κ2) is 8.58. The molecule has 0 radical (unpaired) electrons. The Bertz CT molecular complexity index is 1470. The van der Waals surface area contributed by atoms with Crippen LogP contribution in [0.3, 0.4) is 0 Å². The summed E-state index contributed by atoms with van der Waals surface area (Å²) in [5, 5.41) is 0. The number of ether oxygens (including phenoxy) is 2. The highest BCUT2D eigenvalue weighted by Gasteiger charge is 2.64. The molecule has 0 spiro atoms. The zero-order valence-electron chi connectivity index (χ0n) is 20.1. The van der Waals surface area contributed by atoms with Gasteiger partial charge >= 0.3 is 0 Å². The highest BCUT2D eigenvalue weighted by molar-refractivity contribution is 6.24. The highest BCUT2D eigenvalue weighted by Crippen LogP contribution is 2.53. The maximum atomic E-state index is 14.1. The van der Waals surface area contributed by atoms with E-state index in [0.717, 1.165) is 16.0 Å². The fourth-order valence-corrected chi connectivity index (χ4v) is 5.86. The van der Waals surface area contributed by atoms with Gasteiger partial charge in [0.15, 0.2) is 17.3 Å². The standard InChI is InChI=1S/C29H23FN2O5/c1-36-21-12-7-17(15-22(21)37-2)27(33)26-24-23(25-20-6-4-3-5-16(20)13-14-31(25)26)28(34)32(29(24)35)19-10-8-18(30)9-11-19/h3-15,23-26H,1-2H3/t23-,24+,25+,26-/m0/s1. The average Bonchev–Trinajstić information content (AvgIpc) is 3.40. The van der Waals surface area contributed by atoms with Crippen LogP contribution in [0.4, 0.5) is 10.1 Å². The van der Waals surface area contributed by atoms with E-state index in [-0.39, 0.29) is 11.5 Å². The van der Waals surface area contributed by atoms with Gasteiger partial charge in [0.2, 0.25) is 11.8 Å². The molecule has 2 fully saturated rings. The van der Waals surface area contributed by atoms with E-state index in [1.165, 1.54) is 38.5 Å². The van der Waals surface area contributed by atoms with Gasteiger partial charge in [-0.1, -0.05) is 24.3 Å². The molecule has 4 atom stereocenters. The number of anilines is 1. The number of hydrogen-bond donors (Lipinski definition) is 0. The van der Waals surface area contributed by atoms with Crippen LogP contribution >= 0.6 is 0 Å². The van der Waals surface area contributed by atoms with Crippen molar-refractivity contribution in [1.29, 1.82) is 0 Å². The Balaban J connectivity index is 1.48. The number of carbonyl (C=O) groups is 3. The number of rotatable bonds is 5. The molecular weight excluding hydrogens is 475 g/mol. The maximum absolute atomic E-state index is 14.1. The molecule has 186 valence electrons. The fourth-order valence-electron chi connectivity index (χ4n) is 5.86. The normalized spacial score (nSPS) is 23.5. The number of fused-ring (bicyclic) bond motifs is 5. The first-order valence-electron chi connectivity index (χ1n) is 11.9. The molecule has 2 saturated heterocycles. The summed E-state index contributed by atoms with van der Waals surface area (Å²) in [7, 11) is 2.99. The minimum absolute atomic E-state index is 0.286. The average molecular weight is 499 g/mol. The molecule has 3 aromatic carbocycles. The lowest BCUT2D eigenvalue weighted by Gasteiger charge is -2.35. The molecule has 2 amide bonds. The summed E-state index contributed by atoms with van der Waals surface area (Å²) in [6, 6.07) is 16.3. The van der Waals surface area contributed by atoms with Crippen LogP contribution in [0.1, 0.15) is 27.5 Å². The summed E-state index contributed by atoms with van der Waals surface area (Å²) in [5.41, 5.74) is 2.44. The molecular formula is C29H23FN2O5. The summed E-state index contributed by atoms with van der Waals surface area (Å²) in [6.45, 7) is 0. The van der Waals surface area contributed by atoms with Crippen molar-refractivity contribution in [2.24, 2.45) is 11.8 Å². The molecule has 3 heterocycles. The van der Waals surface area contributed by atoms with Gasteiger partial charge in [-0.05, 0) is 59.7 Å². The lowest BCUT2D eigenvalue weighted by Crippen LogP contribution is -2.44. The van der Waals surface area contributed by atoms with E-state index < -0.39 is 41.6 Å². The molecule has 0 aliphatic carbocycles. The van der Waals surface area contributed by atoms with Crippen LogP contribution < -0.4 is 14.4 Å². The molecule has 0 bridgehead atoms. The van der Waals surface area contributed by atoms with Crippen LogP contribution in [-0.4, -0.2) is 42.8 Å². The Morgan fingerprint density at radius 3 is 2.30 bits per heavy atom. The third kappa shape index (κ3) is 3.36. The van der Waals surface area contributed by atoms with E-state index >= 15 is 0 Å². The van der Waals surface area contributed by atoms with E-state index in [0.29, 0.717) is 17.1 Å². The lowest BCUT2D eigenvalue weighted by atomic mass is 9.83. The minimum atomic E-state index is -0.918. The molecule has 8 heteroatoms. The zero-order chi connectivity index (χ0) is 25.8. The summed E-state index contributed by atoms with van der Waals surface area (Å²) in [5.74, 6) is -2.48. The number of amides is 2. The van der Waals surface area contributed by atoms with Crippen molar-refractivity contribution in [3.05, 3.63) is 95.4 Å². The minimum Gasteiger partial charge on any atom is -0.493 e. The van der Waals surface area contributed by atoms with E-state index in [4.69, 9.17) is 9.47 Å². The number of imide groups is 1. The van der Waals surface area contributed by atoms with Crippen LogP contribution in [0.15, 0.2) is 72.9 Å². The van der Waals surface area contributed by atoms with Crippen LogP contribution in [0, 0.1) is 17.7 Å². The first kappa shape index (κ1) is 23.0. The van der Waals surface area contributed by atoms with Gasteiger partial charge in [-0.15, -0.1) is 0 Å². The Morgan fingerprint density at radius 1 is 0.865 bits per heavy atom. The van der Waals surface area contributed by atoms with E-state index in [9.17, 15) is 18.8 Å². The summed E-state index contributed by atoms with van der Waals surface area (Å²) >= 11 is 0. The van der Waals surface area contributed by atoms with Gasteiger partial charge in [0.1, 0.15) is 11.9 Å². The summed E-state index contributed by atoms with van der Waals surface area (Å²) in [4.78, 5) is 44.7. The highest BCUT2D eigenvalue weighted by atomic mass is 19.1. The summed E-state index contributed by atoms with van der Waals surface area (Å²) < 4.78 is 24.3. The van der Waals surface area contributed by atoms with Gasteiger partial charge in [0, 0.05) is 11.8 Å². The zero-order valence-corrected chi connectivity index (χ0v) is 20.1. The Hall–Kier alpha value is -4.46. The maximum Gasteiger partial charge on any atom is 0.240 e. The molecule has 0 N–H and O–H groups in total.